The molecule has 0 spiro atoms. The van der Waals surface area contributed by atoms with E-state index < -0.39 is 23.9 Å². The highest BCUT2D eigenvalue weighted by atomic mass is 16.6. The second-order valence-electron chi connectivity index (χ2n) is 4.84. The lowest BCUT2D eigenvalue weighted by Crippen LogP contribution is -2.06. The van der Waals surface area contributed by atoms with Gasteiger partial charge in [-0.3, -0.25) is 0 Å². The summed E-state index contributed by atoms with van der Waals surface area (Å²) in [4.78, 5) is 46.9. The van der Waals surface area contributed by atoms with Gasteiger partial charge >= 0.3 is 23.9 Å². The molecule has 6 nitrogen and oxygen atoms in total. The molecule has 0 bridgehead atoms. The van der Waals surface area contributed by atoms with Gasteiger partial charge in [0, 0.05) is 11.6 Å². The number of ether oxygens (including phenoxy) is 2. The van der Waals surface area contributed by atoms with Gasteiger partial charge in [0.1, 0.15) is 0 Å². The molecule has 22 heavy (non-hydrogen) atoms. The fraction of sp³-hybridized carbons (Fsp3) is 0. The smallest absolute Gasteiger partial charge is 0.347 e. The molecule has 0 amide bonds. The van der Waals surface area contributed by atoms with Crippen LogP contribution in [0, 0.1) is 0 Å². The molecule has 0 saturated carbocycles. The molecular weight excluding hydrogens is 288 g/mol. The summed E-state index contributed by atoms with van der Waals surface area (Å²) < 4.78 is 9.11. The van der Waals surface area contributed by atoms with Crippen LogP contribution >= 0.6 is 0 Å². The van der Waals surface area contributed by atoms with Crippen molar-refractivity contribution in [1.29, 1.82) is 0 Å². The topological polar surface area (TPSA) is 86.7 Å². The van der Waals surface area contributed by atoms with Crippen molar-refractivity contribution < 1.29 is 28.7 Å². The Bertz CT molecular complexity index is 951. The lowest BCUT2D eigenvalue weighted by Gasteiger charge is -2.07. The summed E-state index contributed by atoms with van der Waals surface area (Å²) in [5.41, 5.74) is 0.201. The average molecular weight is 294 g/mol. The fourth-order valence-corrected chi connectivity index (χ4v) is 2.71. The van der Waals surface area contributed by atoms with Gasteiger partial charge in [-0.2, -0.15) is 0 Å². The van der Waals surface area contributed by atoms with Crippen molar-refractivity contribution in [1.82, 2.24) is 0 Å². The van der Waals surface area contributed by atoms with Gasteiger partial charge in [0.05, 0.1) is 16.7 Å². The minimum Gasteiger partial charge on any atom is -0.386 e. The Kier molecular flexibility index (Phi) is 2.33. The molecule has 2 aromatic carbocycles. The highest BCUT2D eigenvalue weighted by molar-refractivity contribution is 6.32. The van der Waals surface area contributed by atoms with Gasteiger partial charge in [0.15, 0.2) is 0 Å². The predicted octanol–water partition coefficient (Wildman–Crippen LogP) is 1.62. The molecule has 0 aliphatic carbocycles. The van der Waals surface area contributed by atoms with Crippen LogP contribution in [0.5, 0.6) is 0 Å². The summed E-state index contributed by atoms with van der Waals surface area (Å²) in [7, 11) is 0. The number of rotatable bonds is 1. The first-order chi connectivity index (χ1) is 10.6. The molecule has 2 aromatic rings. The third-order valence-corrected chi connectivity index (χ3v) is 3.61. The van der Waals surface area contributed by atoms with E-state index in [0.717, 1.165) is 6.08 Å². The molecule has 0 saturated heterocycles. The number of esters is 4. The Morgan fingerprint density at radius 2 is 1.50 bits per heavy atom. The Balaban J connectivity index is 2.13. The molecule has 106 valence electrons. The van der Waals surface area contributed by atoms with Crippen LogP contribution in [-0.2, 0) is 19.1 Å². The summed E-state index contributed by atoms with van der Waals surface area (Å²) >= 11 is 0. The first-order valence-electron chi connectivity index (χ1n) is 6.37. The van der Waals surface area contributed by atoms with Crippen LogP contribution in [0.3, 0.4) is 0 Å². The molecule has 2 aliphatic heterocycles. The van der Waals surface area contributed by atoms with Crippen molar-refractivity contribution in [2.45, 2.75) is 0 Å². The monoisotopic (exact) mass is 294 g/mol. The molecular formula is C16H6O6. The summed E-state index contributed by atoms with van der Waals surface area (Å²) in [6.45, 7) is 0. The molecule has 0 radical (unpaired) electrons. The zero-order valence-electron chi connectivity index (χ0n) is 10.9. The van der Waals surface area contributed by atoms with Crippen molar-refractivity contribution >= 4 is 40.2 Å². The summed E-state index contributed by atoms with van der Waals surface area (Å²) in [6, 6.07) is 8.47. The first kappa shape index (κ1) is 12.5. The second-order valence-corrected chi connectivity index (χ2v) is 4.84. The highest BCUT2D eigenvalue weighted by Gasteiger charge is 2.38. The highest BCUT2D eigenvalue weighted by Crippen LogP contribution is 2.36. The minimum absolute atomic E-state index is 0.0124. The molecule has 0 N–H and O–H groups in total. The SMILES string of the molecule is O=C1C=C(c2cc3ccccc3c3c2C(=O)OC3=O)C(=O)O1. The molecule has 2 aliphatic rings. The van der Waals surface area contributed by atoms with Crippen LogP contribution in [-0.4, -0.2) is 23.9 Å². The molecule has 0 aromatic heterocycles. The Morgan fingerprint density at radius 1 is 0.773 bits per heavy atom. The van der Waals surface area contributed by atoms with Gasteiger partial charge in [-0.25, -0.2) is 19.2 Å². The molecule has 0 atom stereocenters. The van der Waals surface area contributed by atoms with Crippen molar-refractivity contribution in [2.24, 2.45) is 0 Å². The van der Waals surface area contributed by atoms with Crippen LogP contribution in [0.4, 0.5) is 0 Å². The predicted molar refractivity (Wildman–Crippen MR) is 72.8 cm³/mol. The van der Waals surface area contributed by atoms with E-state index in [0.29, 0.717) is 10.8 Å². The minimum atomic E-state index is -0.852. The molecule has 0 unspecified atom stereocenters. The number of hydrogen-bond donors (Lipinski definition) is 0. The average Bonchev–Trinajstić information content (AvgIpc) is 2.98. The van der Waals surface area contributed by atoms with Crippen LogP contribution < -0.4 is 0 Å². The zero-order chi connectivity index (χ0) is 15.4. The number of fused-ring (bicyclic) bond motifs is 3. The molecule has 6 heteroatoms. The Hall–Kier alpha value is -3.28. The van der Waals surface area contributed by atoms with Gasteiger partial charge in [-0.1, -0.05) is 24.3 Å². The molecule has 0 fully saturated rings. The largest absolute Gasteiger partial charge is 0.386 e. The standard InChI is InChI=1S/C16H6O6/c17-11-6-10(14(18)21-11)9-5-7-3-1-2-4-8(7)12-13(9)16(20)22-15(12)19/h1-6H. The maximum absolute atomic E-state index is 12.0. The third-order valence-electron chi connectivity index (χ3n) is 3.61. The Labute approximate surface area is 122 Å². The number of benzene rings is 2. The maximum Gasteiger partial charge on any atom is 0.347 e. The number of carbonyl (C=O) groups is 4. The van der Waals surface area contributed by atoms with Crippen molar-refractivity contribution in [3.8, 4) is 0 Å². The van der Waals surface area contributed by atoms with Gasteiger partial charge in [0.25, 0.3) is 0 Å². The van der Waals surface area contributed by atoms with E-state index in [1.54, 1.807) is 30.3 Å². The van der Waals surface area contributed by atoms with Crippen LogP contribution in [0.25, 0.3) is 16.3 Å². The van der Waals surface area contributed by atoms with Gasteiger partial charge in [0.2, 0.25) is 0 Å². The van der Waals surface area contributed by atoms with Crippen molar-refractivity contribution in [3.63, 3.8) is 0 Å². The Morgan fingerprint density at radius 3 is 2.23 bits per heavy atom. The summed E-state index contributed by atoms with van der Waals surface area (Å²) in [5.74, 6) is -3.26. The van der Waals surface area contributed by atoms with E-state index in [2.05, 4.69) is 9.47 Å². The summed E-state index contributed by atoms with van der Waals surface area (Å²) in [5, 5.41) is 1.20. The number of cyclic esters (lactones) is 4. The first-order valence-corrected chi connectivity index (χ1v) is 6.37. The van der Waals surface area contributed by atoms with Gasteiger partial charge in [-0.15, -0.1) is 0 Å². The second kappa shape index (κ2) is 4.11. The lowest BCUT2D eigenvalue weighted by atomic mass is 9.91. The van der Waals surface area contributed by atoms with Crippen LogP contribution in [0.1, 0.15) is 26.3 Å². The lowest BCUT2D eigenvalue weighted by molar-refractivity contribution is -0.149. The van der Waals surface area contributed by atoms with E-state index in [4.69, 9.17) is 0 Å². The number of hydrogen-bond acceptors (Lipinski definition) is 6. The van der Waals surface area contributed by atoms with E-state index in [1.807, 2.05) is 0 Å². The van der Waals surface area contributed by atoms with Crippen LogP contribution in [0.15, 0.2) is 36.4 Å². The fourth-order valence-electron chi connectivity index (χ4n) is 2.71. The van der Waals surface area contributed by atoms with E-state index >= 15 is 0 Å². The van der Waals surface area contributed by atoms with Crippen molar-refractivity contribution in [2.75, 3.05) is 0 Å². The summed E-state index contributed by atoms with van der Waals surface area (Å²) in [6.07, 6.45) is 1.00. The number of carbonyl (C=O) groups excluding carboxylic acids is 4. The van der Waals surface area contributed by atoms with E-state index in [-0.39, 0.29) is 22.3 Å². The van der Waals surface area contributed by atoms with Crippen LogP contribution in [0.2, 0.25) is 0 Å². The molecule has 2 heterocycles. The van der Waals surface area contributed by atoms with Gasteiger partial charge < -0.3 is 9.47 Å². The third kappa shape index (κ3) is 1.54. The normalized spacial score (nSPS) is 16.6. The maximum atomic E-state index is 12.0. The van der Waals surface area contributed by atoms with E-state index in [9.17, 15) is 19.2 Å². The zero-order valence-corrected chi connectivity index (χ0v) is 10.9. The van der Waals surface area contributed by atoms with Crippen molar-refractivity contribution in [3.05, 3.63) is 53.1 Å². The van der Waals surface area contributed by atoms with Gasteiger partial charge in [-0.05, 0) is 16.8 Å². The molecule has 4 rings (SSSR count). The quantitative estimate of drug-likeness (QED) is 0.586. The van der Waals surface area contributed by atoms with E-state index in [1.165, 1.54) is 0 Å².